The second-order valence-corrected chi connectivity index (χ2v) is 6.37. The van der Waals surface area contributed by atoms with Crippen LogP contribution in [0.5, 0.6) is 0 Å². The van der Waals surface area contributed by atoms with Crippen molar-refractivity contribution in [3.63, 3.8) is 0 Å². The monoisotopic (exact) mass is 328 g/mol. The molecule has 0 radical (unpaired) electrons. The minimum atomic E-state index is -4.67. The van der Waals surface area contributed by atoms with Crippen molar-refractivity contribution in [3.8, 4) is 0 Å². The summed E-state index contributed by atoms with van der Waals surface area (Å²) in [6, 6.07) is 0.844. The van der Waals surface area contributed by atoms with Crippen molar-refractivity contribution in [2.24, 2.45) is 7.05 Å². The largest absolute Gasteiger partial charge is 0.477 e. The lowest BCUT2D eigenvalue weighted by Gasteiger charge is -2.22. The van der Waals surface area contributed by atoms with Gasteiger partial charge in [-0.15, -0.1) is 0 Å². The fourth-order valence-corrected chi connectivity index (χ4v) is 3.36. The van der Waals surface area contributed by atoms with E-state index in [0.29, 0.717) is 4.31 Å². The highest BCUT2D eigenvalue weighted by atomic mass is 32.2. The molecular formula is C11H15F3N2O4S. The summed E-state index contributed by atoms with van der Waals surface area (Å²) in [5.74, 6) is -1.36. The first-order valence-corrected chi connectivity index (χ1v) is 7.39. The molecule has 0 aliphatic rings. The van der Waals surface area contributed by atoms with Gasteiger partial charge in [-0.2, -0.15) is 17.5 Å². The number of alkyl halides is 3. The average Bonchev–Trinajstić information content (AvgIpc) is 2.69. The molecule has 0 saturated heterocycles. The standard InChI is InChI=1S/C11H15F3N2O4S/c1-3-4-16(7-11(12,13)14)21(19,20)8-5-9(10(17)18)15(2)6-8/h5-6H,3-4,7H2,1-2H3,(H,17,18). The van der Waals surface area contributed by atoms with Gasteiger partial charge in [0.2, 0.25) is 10.0 Å². The van der Waals surface area contributed by atoms with E-state index in [1.54, 1.807) is 6.92 Å². The summed E-state index contributed by atoms with van der Waals surface area (Å²) < 4.78 is 63.2. The number of carboxylic acids is 1. The summed E-state index contributed by atoms with van der Waals surface area (Å²) >= 11 is 0. The van der Waals surface area contributed by atoms with Gasteiger partial charge in [0.25, 0.3) is 0 Å². The van der Waals surface area contributed by atoms with Crippen molar-refractivity contribution < 1.29 is 31.5 Å². The van der Waals surface area contributed by atoms with Gasteiger partial charge in [-0.05, 0) is 12.5 Å². The molecule has 0 fully saturated rings. The number of halogens is 3. The van der Waals surface area contributed by atoms with Crippen molar-refractivity contribution in [2.75, 3.05) is 13.1 Å². The molecule has 0 aliphatic carbocycles. The third-order valence-corrected chi connectivity index (χ3v) is 4.48. The van der Waals surface area contributed by atoms with E-state index < -0.39 is 33.6 Å². The maximum absolute atomic E-state index is 12.5. The molecule has 21 heavy (non-hydrogen) atoms. The molecular weight excluding hydrogens is 313 g/mol. The first-order valence-electron chi connectivity index (χ1n) is 5.95. The Bertz CT molecular complexity index is 622. The van der Waals surface area contributed by atoms with Crippen LogP contribution in [0, 0.1) is 0 Å². The lowest BCUT2D eigenvalue weighted by atomic mass is 10.4. The minimum Gasteiger partial charge on any atom is -0.477 e. The van der Waals surface area contributed by atoms with Crippen molar-refractivity contribution >= 4 is 16.0 Å². The molecule has 1 N–H and O–H groups in total. The lowest BCUT2D eigenvalue weighted by Crippen LogP contribution is -2.39. The molecule has 6 nitrogen and oxygen atoms in total. The van der Waals surface area contributed by atoms with E-state index in [2.05, 4.69) is 0 Å². The van der Waals surface area contributed by atoms with Crippen molar-refractivity contribution in [3.05, 3.63) is 18.0 Å². The van der Waals surface area contributed by atoms with Gasteiger partial charge in [-0.3, -0.25) is 0 Å². The van der Waals surface area contributed by atoms with Crippen molar-refractivity contribution in [1.29, 1.82) is 0 Å². The average molecular weight is 328 g/mol. The van der Waals surface area contributed by atoms with E-state index >= 15 is 0 Å². The Balaban J connectivity index is 3.23. The van der Waals surface area contributed by atoms with Crippen LogP contribution < -0.4 is 0 Å². The van der Waals surface area contributed by atoms with Gasteiger partial charge in [0.05, 0.1) is 0 Å². The Morgan fingerprint density at radius 1 is 1.43 bits per heavy atom. The van der Waals surface area contributed by atoms with Crippen LogP contribution in [0.4, 0.5) is 13.2 Å². The number of carbonyl (C=O) groups is 1. The molecule has 1 rings (SSSR count). The summed E-state index contributed by atoms with van der Waals surface area (Å²) in [5, 5.41) is 8.86. The van der Waals surface area contributed by atoms with Crippen molar-refractivity contribution in [1.82, 2.24) is 8.87 Å². The first kappa shape index (κ1) is 17.5. The molecule has 1 aromatic rings. The van der Waals surface area contributed by atoms with Crippen LogP contribution in [-0.4, -0.2) is 47.6 Å². The fraction of sp³-hybridized carbons (Fsp3) is 0.545. The number of hydrogen-bond acceptors (Lipinski definition) is 3. The summed E-state index contributed by atoms with van der Waals surface area (Å²) in [4.78, 5) is 10.4. The normalized spacial score (nSPS) is 12.9. The van der Waals surface area contributed by atoms with Gasteiger partial charge >= 0.3 is 12.1 Å². The minimum absolute atomic E-state index is 0.202. The number of aryl methyl sites for hydroxylation is 1. The third-order valence-electron chi connectivity index (χ3n) is 2.67. The highest BCUT2D eigenvalue weighted by Crippen LogP contribution is 2.24. The number of aromatic nitrogens is 1. The Labute approximate surface area is 119 Å². The Hall–Kier alpha value is -1.55. The SMILES string of the molecule is CCCN(CC(F)(F)F)S(=O)(=O)c1cc(C(=O)O)n(C)c1. The van der Waals surface area contributed by atoms with E-state index in [4.69, 9.17) is 5.11 Å². The second kappa shape index (κ2) is 6.06. The van der Waals surface area contributed by atoms with E-state index in [1.807, 2.05) is 0 Å². The van der Waals surface area contributed by atoms with Crippen LogP contribution in [-0.2, 0) is 17.1 Å². The Morgan fingerprint density at radius 3 is 2.38 bits per heavy atom. The highest BCUT2D eigenvalue weighted by Gasteiger charge is 2.37. The molecule has 1 heterocycles. The maximum atomic E-state index is 12.5. The van der Waals surface area contributed by atoms with Crippen LogP contribution in [0.1, 0.15) is 23.8 Å². The molecule has 0 atom stereocenters. The molecule has 0 bridgehead atoms. The van der Waals surface area contributed by atoms with Gasteiger partial charge in [0.15, 0.2) is 0 Å². The fourth-order valence-electron chi connectivity index (χ4n) is 1.77. The smallest absolute Gasteiger partial charge is 0.402 e. The van der Waals surface area contributed by atoms with E-state index in [1.165, 1.54) is 7.05 Å². The summed E-state index contributed by atoms with van der Waals surface area (Å²) in [6.07, 6.45) is -3.49. The molecule has 0 unspecified atom stereocenters. The highest BCUT2D eigenvalue weighted by molar-refractivity contribution is 7.89. The number of rotatable bonds is 6. The number of aromatic carboxylic acids is 1. The number of carboxylic acid groups (broad SMARTS) is 1. The molecule has 1 aromatic heterocycles. The molecule has 0 spiro atoms. The summed E-state index contributed by atoms with van der Waals surface area (Å²) in [7, 11) is -3.10. The van der Waals surface area contributed by atoms with Crippen LogP contribution in [0.2, 0.25) is 0 Å². The van der Waals surface area contributed by atoms with Gasteiger partial charge in [0.1, 0.15) is 17.1 Å². The molecule has 10 heteroatoms. The van der Waals surface area contributed by atoms with E-state index in [-0.39, 0.29) is 18.7 Å². The lowest BCUT2D eigenvalue weighted by molar-refractivity contribution is -0.136. The molecule has 0 saturated carbocycles. The van der Waals surface area contributed by atoms with Crippen LogP contribution in [0.25, 0.3) is 0 Å². The number of sulfonamides is 1. The zero-order valence-corrected chi connectivity index (χ0v) is 12.2. The molecule has 0 amide bonds. The van der Waals surface area contributed by atoms with E-state index in [0.717, 1.165) is 16.8 Å². The van der Waals surface area contributed by atoms with Gasteiger partial charge in [0, 0.05) is 19.8 Å². The number of hydrogen-bond donors (Lipinski definition) is 1. The zero-order valence-electron chi connectivity index (χ0n) is 11.4. The second-order valence-electron chi connectivity index (χ2n) is 4.43. The van der Waals surface area contributed by atoms with Gasteiger partial charge < -0.3 is 9.67 Å². The third kappa shape index (κ3) is 4.21. The first-order chi connectivity index (χ1) is 9.49. The molecule has 0 aliphatic heterocycles. The van der Waals surface area contributed by atoms with Gasteiger partial charge in [-0.1, -0.05) is 6.92 Å². The molecule has 120 valence electrons. The van der Waals surface area contributed by atoms with Crippen LogP contribution >= 0.6 is 0 Å². The summed E-state index contributed by atoms with van der Waals surface area (Å²) in [6.45, 7) is -0.369. The Kier molecular flexibility index (Phi) is 5.05. The topological polar surface area (TPSA) is 79.6 Å². The zero-order chi connectivity index (χ0) is 16.4. The van der Waals surface area contributed by atoms with Crippen LogP contribution in [0.15, 0.2) is 17.2 Å². The predicted octanol–water partition coefficient (Wildman–Crippen LogP) is 1.69. The molecule has 0 aromatic carbocycles. The van der Waals surface area contributed by atoms with E-state index in [9.17, 15) is 26.4 Å². The maximum Gasteiger partial charge on any atom is 0.402 e. The van der Waals surface area contributed by atoms with Crippen LogP contribution in [0.3, 0.4) is 0 Å². The predicted molar refractivity (Wildman–Crippen MR) is 67.5 cm³/mol. The van der Waals surface area contributed by atoms with Crippen molar-refractivity contribution in [2.45, 2.75) is 24.4 Å². The summed E-state index contributed by atoms with van der Waals surface area (Å²) in [5.41, 5.74) is -0.322. The Morgan fingerprint density at radius 2 is 2.00 bits per heavy atom. The van der Waals surface area contributed by atoms with Gasteiger partial charge in [-0.25, -0.2) is 13.2 Å². The number of nitrogens with zero attached hydrogens (tertiary/aromatic N) is 2. The quantitative estimate of drug-likeness (QED) is 0.862.